The van der Waals surface area contributed by atoms with Gasteiger partial charge in [0.1, 0.15) is 0 Å². The summed E-state index contributed by atoms with van der Waals surface area (Å²) in [6, 6.07) is 0.226. The van der Waals surface area contributed by atoms with E-state index in [1.165, 1.54) is 32.1 Å². The number of hydrogen-bond acceptors (Lipinski definition) is 2. The van der Waals surface area contributed by atoms with E-state index >= 15 is 0 Å². The number of carbonyl (C=O) groups excluding carboxylic acids is 1. The third kappa shape index (κ3) is 2.42. The first-order valence-corrected chi connectivity index (χ1v) is 9.10. The van der Waals surface area contributed by atoms with Crippen LogP contribution in [0.25, 0.3) is 0 Å². The highest BCUT2D eigenvalue weighted by Crippen LogP contribution is 2.60. The van der Waals surface area contributed by atoms with Crippen LogP contribution in [0.5, 0.6) is 0 Å². The Balaban J connectivity index is 1.47. The molecule has 2 atom stereocenters. The maximum absolute atomic E-state index is 13.0. The lowest BCUT2D eigenvalue weighted by molar-refractivity contribution is -0.147. The molecule has 3 nitrogen and oxygen atoms in total. The zero-order valence-electron chi connectivity index (χ0n) is 13.0. The molecular weight excluding hydrogens is 262 g/mol. The second kappa shape index (κ2) is 5.26. The summed E-state index contributed by atoms with van der Waals surface area (Å²) in [5, 5.41) is 12.9. The molecule has 4 bridgehead atoms. The number of hydrogen-bond donors (Lipinski definition) is 2. The lowest BCUT2D eigenvalue weighted by Gasteiger charge is -2.56. The van der Waals surface area contributed by atoms with Crippen molar-refractivity contribution in [2.75, 3.05) is 6.61 Å². The Hall–Kier alpha value is -0.570. The summed E-state index contributed by atoms with van der Waals surface area (Å²) in [6.07, 6.45) is 12.1. The molecule has 21 heavy (non-hydrogen) atoms. The highest BCUT2D eigenvalue weighted by atomic mass is 16.3. The molecule has 5 aliphatic carbocycles. The van der Waals surface area contributed by atoms with Crippen molar-refractivity contribution in [3.8, 4) is 0 Å². The standard InChI is InChI=1S/C18H29NO2/c20-11-15-3-1-2-4-16(15)19-17(21)18-8-12-5-13(9-18)7-14(6-12)10-18/h12-16,20H,1-11H2,(H,19,21). The molecule has 2 N–H and O–H groups in total. The van der Waals surface area contributed by atoms with Gasteiger partial charge < -0.3 is 10.4 Å². The summed E-state index contributed by atoms with van der Waals surface area (Å²) in [6.45, 7) is 0.228. The number of rotatable bonds is 3. The molecule has 0 aromatic carbocycles. The Morgan fingerprint density at radius 3 is 2.14 bits per heavy atom. The average Bonchev–Trinajstić information content (AvgIpc) is 2.46. The molecule has 0 saturated heterocycles. The predicted molar refractivity (Wildman–Crippen MR) is 81.6 cm³/mol. The molecule has 2 unspecified atom stereocenters. The molecular formula is C18H29NO2. The van der Waals surface area contributed by atoms with Crippen LogP contribution in [-0.4, -0.2) is 23.7 Å². The Bertz CT molecular complexity index is 384. The third-order valence-corrected chi connectivity index (χ3v) is 6.98. The highest BCUT2D eigenvalue weighted by Gasteiger charge is 2.54. The molecule has 118 valence electrons. The van der Waals surface area contributed by atoms with Crippen LogP contribution < -0.4 is 5.32 Å². The summed E-state index contributed by atoms with van der Waals surface area (Å²) in [5.41, 5.74) is -0.0355. The number of nitrogens with one attached hydrogen (secondary N) is 1. The number of aliphatic hydroxyl groups excluding tert-OH is 1. The van der Waals surface area contributed by atoms with Crippen molar-refractivity contribution in [1.29, 1.82) is 0 Å². The highest BCUT2D eigenvalue weighted by molar-refractivity contribution is 5.83. The van der Waals surface area contributed by atoms with Crippen LogP contribution in [0.3, 0.4) is 0 Å². The van der Waals surface area contributed by atoms with Gasteiger partial charge in [0.05, 0.1) is 0 Å². The predicted octanol–water partition coefficient (Wildman–Crippen LogP) is 2.87. The second-order valence-corrected chi connectivity index (χ2v) is 8.50. The molecule has 0 radical (unpaired) electrons. The molecule has 0 spiro atoms. The van der Waals surface area contributed by atoms with Gasteiger partial charge in [-0.25, -0.2) is 0 Å². The van der Waals surface area contributed by atoms with Crippen molar-refractivity contribution in [2.45, 2.75) is 70.3 Å². The van der Waals surface area contributed by atoms with E-state index in [0.717, 1.165) is 49.9 Å². The average molecular weight is 291 g/mol. The van der Waals surface area contributed by atoms with Gasteiger partial charge in [-0.2, -0.15) is 0 Å². The van der Waals surface area contributed by atoms with Crippen molar-refractivity contribution in [2.24, 2.45) is 29.1 Å². The first kappa shape index (κ1) is 14.0. The van der Waals surface area contributed by atoms with E-state index in [-0.39, 0.29) is 24.0 Å². The van der Waals surface area contributed by atoms with Gasteiger partial charge in [0, 0.05) is 24.0 Å². The van der Waals surface area contributed by atoms with Gasteiger partial charge in [-0.1, -0.05) is 12.8 Å². The van der Waals surface area contributed by atoms with Crippen LogP contribution in [0.15, 0.2) is 0 Å². The fourth-order valence-electron chi connectivity index (χ4n) is 6.33. The molecule has 1 amide bonds. The lowest BCUT2D eigenvalue weighted by Crippen LogP contribution is -2.56. The van der Waals surface area contributed by atoms with Crippen molar-refractivity contribution in [1.82, 2.24) is 5.32 Å². The minimum absolute atomic E-state index is 0.0355. The van der Waals surface area contributed by atoms with Crippen molar-refractivity contribution < 1.29 is 9.90 Å². The zero-order valence-corrected chi connectivity index (χ0v) is 13.0. The first-order valence-electron chi connectivity index (χ1n) is 9.10. The number of carbonyl (C=O) groups is 1. The van der Waals surface area contributed by atoms with E-state index in [4.69, 9.17) is 0 Å². The van der Waals surface area contributed by atoms with Gasteiger partial charge in [0.15, 0.2) is 0 Å². The lowest BCUT2D eigenvalue weighted by atomic mass is 9.49. The molecule has 5 rings (SSSR count). The molecule has 0 aliphatic heterocycles. The summed E-state index contributed by atoms with van der Waals surface area (Å²) in [5.74, 6) is 3.09. The van der Waals surface area contributed by atoms with E-state index in [9.17, 15) is 9.90 Å². The molecule has 5 fully saturated rings. The number of amides is 1. The third-order valence-electron chi connectivity index (χ3n) is 6.98. The van der Waals surface area contributed by atoms with Gasteiger partial charge in [0.25, 0.3) is 0 Å². The second-order valence-electron chi connectivity index (χ2n) is 8.50. The van der Waals surface area contributed by atoms with Crippen LogP contribution in [0.1, 0.15) is 64.2 Å². The van der Waals surface area contributed by atoms with Crippen molar-refractivity contribution in [3.63, 3.8) is 0 Å². The summed E-state index contributed by atoms with van der Waals surface area (Å²) < 4.78 is 0. The quantitative estimate of drug-likeness (QED) is 0.840. The molecule has 5 saturated carbocycles. The molecule has 0 aromatic heterocycles. The van der Waals surface area contributed by atoms with E-state index in [0.29, 0.717) is 5.91 Å². The Morgan fingerprint density at radius 2 is 1.57 bits per heavy atom. The zero-order chi connectivity index (χ0) is 14.4. The Labute approximate surface area is 127 Å². The molecule has 0 heterocycles. The van der Waals surface area contributed by atoms with Gasteiger partial charge >= 0.3 is 0 Å². The fraction of sp³-hybridized carbons (Fsp3) is 0.944. The number of aliphatic hydroxyl groups is 1. The first-order chi connectivity index (χ1) is 10.2. The van der Waals surface area contributed by atoms with E-state index < -0.39 is 0 Å². The maximum Gasteiger partial charge on any atom is 0.226 e. The smallest absolute Gasteiger partial charge is 0.226 e. The van der Waals surface area contributed by atoms with Crippen LogP contribution >= 0.6 is 0 Å². The van der Waals surface area contributed by atoms with Gasteiger partial charge in [-0.3, -0.25) is 4.79 Å². The van der Waals surface area contributed by atoms with E-state index in [2.05, 4.69) is 5.32 Å². The van der Waals surface area contributed by atoms with Gasteiger partial charge in [0.2, 0.25) is 5.91 Å². The topological polar surface area (TPSA) is 49.3 Å². The maximum atomic E-state index is 13.0. The molecule has 3 heteroatoms. The van der Waals surface area contributed by atoms with Crippen LogP contribution in [0.4, 0.5) is 0 Å². The largest absolute Gasteiger partial charge is 0.396 e. The van der Waals surface area contributed by atoms with Crippen LogP contribution in [0, 0.1) is 29.1 Å². The van der Waals surface area contributed by atoms with Crippen LogP contribution in [0.2, 0.25) is 0 Å². The summed E-state index contributed by atoms with van der Waals surface area (Å²) in [4.78, 5) is 13.0. The SMILES string of the molecule is O=C(NC1CCCCC1CO)C12CC3CC(CC(C3)C1)C2. The van der Waals surface area contributed by atoms with Gasteiger partial charge in [-0.15, -0.1) is 0 Å². The fourth-order valence-corrected chi connectivity index (χ4v) is 6.33. The van der Waals surface area contributed by atoms with E-state index in [1.807, 2.05) is 0 Å². The minimum atomic E-state index is -0.0355. The minimum Gasteiger partial charge on any atom is -0.396 e. The summed E-state index contributed by atoms with van der Waals surface area (Å²) in [7, 11) is 0. The monoisotopic (exact) mass is 291 g/mol. The Kier molecular flexibility index (Phi) is 3.52. The molecule has 5 aliphatic rings. The van der Waals surface area contributed by atoms with Crippen LogP contribution in [-0.2, 0) is 4.79 Å². The van der Waals surface area contributed by atoms with Gasteiger partial charge in [-0.05, 0) is 69.1 Å². The summed E-state index contributed by atoms with van der Waals surface area (Å²) >= 11 is 0. The van der Waals surface area contributed by atoms with E-state index in [1.54, 1.807) is 0 Å². The Morgan fingerprint density at radius 1 is 1.00 bits per heavy atom. The van der Waals surface area contributed by atoms with Crippen molar-refractivity contribution in [3.05, 3.63) is 0 Å². The van der Waals surface area contributed by atoms with Crippen molar-refractivity contribution >= 4 is 5.91 Å². The normalized spacial score (nSPS) is 48.3. The molecule has 0 aromatic rings.